The van der Waals surface area contributed by atoms with Gasteiger partial charge in [-0.15, -0.1) is 11.3 Å². The van der Waals surface area contributed by atoms with Crippen LogP contribution in [0.2, 0.25) is 0 Å². The summed E-state index contributed by atoms with van der Waals surface area (Å²) in [6, 6.07) is 9.00. The Balaban J connectivity index is 1.31. The number of benzene rings is 1. The number of thiazole rings is 1. The summed E-state index contributed by atoms with van der Waals surface area (Å²) in [7, 11) is 0. The number of anilines is 2. The number of hydrogen-bond acceptors (Lipinski definition) is 6. The van der Waals surface area contributed by atoms with Gasteiger partial charge in [0, 0.05) is 42.6 Å². The second kappa shape index (κ2) is 8.85. The van der Waals surface area contributed by atoms with Gasteiger partial charge in [-0.05, 0) is 25.0 Å². The van der Waals surface area contributed by atoms with Crippen molar-refractivity contribution in [2.45, 2.75) is 25.5 Å². The van der Waals surface area contributed by atoms with Gasteiger partial charge < -0.3 is 14.8 Å². The van der Waals surface area contributed by atoms with E-state index in [0.717, 1.165) is 31.7 Å². The van der Waals surface area contributed by atoms with E-state index in [1.165, 1.54) is 11.3 Å². The Morgan fingerprint density at radius 1 is 1.29 bits per heavy atom. The molecule has 9 heteroatoms. The first-order valence-corrected chi connectivity index (χ1v) is 10.0. The lowest BCUT2D eigenvalue weighted by molar-refractivity contribution is 0.0663. The average molecular weight is 399 g/mol. The van der Waals surface area contributed by atoms with Crippen molar-refractivity contribution in [3.8, 4) is 5.75 Å². The van der Waals surface area contributed by atoms with Crippen molar-refractivity contribution >= 4 is 28.9 Å². The highest BCUT2D eigenvalue weighted by molar-refractivity contribution is 7.07. The van der Waals surface area contributed by atoms with E-state index in [0.29, 0.717) is 29.9 Å². The summed E-state index contributed by atoms with van der Waals surface area (Å²) >= 11 is 1.53. The van der Waals surface area contributed by atoms with Crippen LogP contribution in [0, 0.1) is 0 Å². The molecule has 146 valence electrons. The molecule has 3 aromatic rings. The first-order valence-electron chi connectivity index (χ1n) is 9.07. The summed E-state index contributed by atoms with van der Waals surface area (Å²) in [6.45, 7) is 1.88. The highest BCUT2D eigenvalue weighted by Crippen LogP contribution is 2.21. The van der Waals surface area contributed by atoms with E-state index >= 15 is 0 Å². The third-order valence-electron chi connectivity index (χ3n) is 4.38. The Labute approximate surface area is 166 Å². The Kier molecular flexibility index (Phi) is 5.83. The summed E-state index contributed by atoms with van der Waals surface area (Å²) in [5, 5.41) is 11.9. The van der Waals surface area contributed by atoms with Gasteiger partial charge in [0.05, 0.1) is 17.2 Å². The number of urea groups is 1. The zero-order valence-electron chi connectivity index (χ0n) is 15.2. The van der Waals surface area contributed by atoms with Gasteiger partial charge in [0.1, 0.15) is 12.4 Å². The maximum atomic E-state index is 12.3. The third kappa shape index (κ3) is 4.87. The van der Waals surface area contributed by atoms with E-state index in [4.69, 9.17) is 9.47 Å². The van der Waals surface area contributed by atoms with E-state index in [2.05, 4.69) is 20.7 Å². The molecule has 4 rings (SSSR count). The molecule has 1 aliphatic rings. The number of carbonyl (C=O) groups is 1. The van der Waals surface area contributed by atoms with Crippen LogP contribution >= 0.6 is 11.3 Å². The van der Waals surface area contributed by atoms with Crippen molar-refractivity contribution in [2.75, 3.05) is 23.8 Å². The molecular weight excluding hydrogens is 378 g/mol. The number of carbonyl (C=O) groups excluding carboxylic acids is 1. The maximum Gasteiger partial charge on any atom is 0.324 e. The van der Waals surface area contributed by atoms with E-state index in [9.17, 15) is 4.79 Å². The average Bonchev–Trinajstić information content (AvgIpc) is 3.39. The van der Waals surface area contributed by atoms with Crippen molar-refractivity contribution < 1.29 is 14.3 Å². The zero-order chi connectivity index (χ0) is 19.2. The molecule has 8 nitrogen and oxygen atoms in total. The van der Waals surface area contributed by atoms with Crippen LogP contribution in [-0.4, -0.2) is 34.0 Å². The van der Waals surface area contributed by atoms with Crippen molar-refractivity contribution in [1.82, 2.24) is 14.8 Å². The summed E-state index contributed by atoms with van der Waals surface area (Å²) in [5.41, 5.74) is 3.28. The van der Waals surface area contributed by atoms with Gasteiger partial charge in [-0.25, -0.2) is 9.78 Å². The van der Waals surface area contributed by atoms with Crippen LogP contribution in [0.5, 0.6) is 5.75 Å². The molecule has 0 aliphatic carbocycles. The number of nitrogens with zero attached hydrogens (tertiary/aromatic N) is 3. The molecule has 3 heterocycles. The molecule has 0 spiro atoms. The lowest BCUT2D eigenvalue weighted by atomic mass is 10.1. The van der Waals surface area contributed by atoms with Crippen LogP contribution in [0.3, 0.4) is 0 Å². The fourth-order valence-electron chi connectivity index (χ4n) is 2.97. The SMILES string of the molecule is O=C(Nc1cccc(OCc2cscn2)c1)Nc1ccn(C2CCOCC2)n1. The minimum atomic E-state index is -0.353. The Morgan fingerprint density at radius 2 is 2.18 bits per heavy atom. The number of aromatic nitrogens is 3. The maximum absolute atomic E-state index is 12.3. The monoisotopic (exact) mass is 399 g/mol. The lowest BCUT2D eigenvalue weighted by Gasteiger charge is -2.22. The number of amides is 2. The Hall–Kier alpha value is -2.91. The van der Waals surface area contributed by atoms with E-state index < -0.39 is 0 Å². The Morgan fingerprint density at radius 3 is 3.00 bits per heavy atom. The number of hydrogen-bond donors (Lipinski definition) is 2. The molecule has 0 radical (unpaired) electrons. The summed E-state index contributed by atoms with van der Waals surface area (Å²) in [4.78, 5) is 16.5. The molecule has 0 bridgehead atoms. The standard InChI is InChI=1S/C19H21N5O3S/c25-19(22-18-4-7-24(23-18)16-5-8-26-9-6-16)21-14-2-1-3-17(10-14)27-11-15-12-28-13-20-15/h1-4,7,10,12-13,16H,5-6,8-9,11H2,(H2,21,22,23,25). The number of nitrogens with one attached hydrogen (secondary N) is 2. The predicted octanol–water partition coefficient (Wildman–Crippen LogP) is 3.91. The molecule has 0 atom stereocenters. The van der Waals surface area contributed by atoms with E-state index in [1.807, 2.05) is 28.4 Å². The van der Waals surface area contributed by atoms with Gasteiger partial charge in [-0.3, -0.25) is 10.00 Å². The van der Waals surface area contributed by atoms with Crippen molar-refractivity contribution in [3.63, 3.8) is 0 Å². The number of rotatable bonds is 6. The molecule has 2 amide bonds. The van der Waals surface area contributed by atoms with Gasteiger partial charge in [-0.1, -0.05) is 6.07 Å². The van der Waals surface area contributed by atoms with Crippen LogP contribution in [0.15, 0.2) is 47.4 Å². The van der Waals surface area contributed by atoms with Gasteiger partial charge in [0.2, 0.25) is 0 Å². The largest absolute Gasteiger partial charge is 0.487 e. The molecule has 2 aromatic heterocycles. The normalized spacial score (nSPS) is 14.6. The highest BCUT2D eigenvalue weighted by atomic mass is 32.1. The van der Waals surface area contributed by atoms with Crippen molar-refractivity contribution in [3.05, 3.63) is 53.1 Å². The predicted molar refractivity (Wildman–Crippen MR) is 107 cm³/mol. The topological polar surface area (TPSA) is 90.3 Å². The second-order valence-electron chi connectivity index (χ2n) is 6.40. The molecule has 1 fully saturated rings. The van der Waals surface area contributed by atoms with Crippen molar-refractivity contribution in [2.24, 2.45) is 0 Å². The highest BCUT2D eigenvalue weighted by Gasteiger charge is 2.17. The molecule has 1 aromatic carbocycles. The summed E-state index contributed by atoms with van der Waals surface area (Å²) in [5.74, 6) is 1.18. The first kappa shape index (κ1) is 18.5. The molecular formula is C19H21N5O3S. The van der Waals surface area contributed by atoms with Crippen LogP contribution in [0.25, 0.3) is 0 Å². The fraction of sp³-hybridized carbons (Fsp3) is 0.316. The van der Waals surface area contributed by atoms with Gasteiger partial charge in [0.25, 0.3) is 0 Å². The lowest BCUT2D eigenvalue weighted by Crippen LogP contribution is -2.22. The minimum Gasteiger partial charge on any atom is -0.487 e. The summed E-state index contributed by atoms with van der Waals surface area (Å²) < 4.78 is 13.0. The first-order chi connectivity index (χ1) is 13.8. The number of ether oxygens (including phenoxy) is 2. The van der Waals surface area contributed by atoms with Crippen LogP contribution in [-0.2, 0) is 11.3 Å². The summed E-state index contributed by atoms with van der Waals surface area (Å²) in [6.07, 6.45) is 3.75. The second-order valence-corrected chi connectivity index (χ2v) is 7.12. The molecule has 0 unspecified atom stereocenters. The van der Waals surface area contributed by atoms with Gasteiger partial charge in [-0.2, -0.15) is 5.10 Å². The van der Waals surface area contributed by atoms with Crippen LogP contribution < -0.4 is 15.4 Å². The van der Waals surface area contributed by atoms with Gasteiger partial charge >= 0.3 is 6.03 Å². The minimum absolute atomic E-state index is 0.318. The molecule has 2 N–H and O–H groups in total. The molecule has 0 saturated carbocycles. The van der Waals surface area contributed by atoms with Crippen molar-refractivity contribution in [1.29, 1.82) is 0 Å². The Bertz CT molecular complexity index is 906. The quantitative estimate of drug-likeness (QED) is 0.656. The molecule has 28 heavy (non-hydrogen) atoms. The van der Waals surface area contributed by atoms with Crippen LogP contribution in [0.4, 0.5) is 16.3 Å². The van der Waals surface area contributed by atoms with E-state index in [1.54, 1.807) is 23.7 Å². The fourth-order valence-corrected chi connectivity index (χ4v) is 3.51. The van der Waals surface area contributed by atoms with E-state index in [-0.39, 0.29) is 6.03 Å². The zero-order valence-corrected chi connectivity index (χ0v) is 16.0. The third-order valence-corrected chi connectivity index (χ3v) is 5.01. The smallest absolute Gasteiger partial charge is 0.324 e. The van der Waals surface area contributed by atoms with Gasteiger partial charge in [0.15, 0.2) is 5.82 Å². The van der Waals surface area contributed by atoms with Crippen LogP contribution in [0.1, 0.15) is 24.6 Å². The molecule has 1 aliphatic heterocycles. The molecule has 1 saturated heterocycles.